The smallest absolute Gasteiger partial charge is 0.0171 e. The van der Waals surface area contributed by atoms with Gasteiger partial charge in [0.05, 0.1) is 0 Å². The molecule has 2 nitrogen and oxygen atoms in total. The predicted octanol–water partition coefficient (Wildman–Crippen LogP) is 2.49. The Hall–Kier alpha value is -0.380. The Morgan fingerprint density at radius 2 is 2.24 bits per heavy atom. The van der Waals surface area contributed by atoms with Crippen LogP contribution in [0.2, 0.25) is 0 Å². The van der Waals surface area contributed by atoms with Crippen molar-refractivity contribution >= 4 is 11.3 Å². The van der Waals surface area contributed by atoms with Gasteiger partial charge in [-0.25, -0.2) is 0 Å². The Labute approximate surface area is 108 Å². The molecule has 2 heterocycles. The van der Waals surface area contributed by atoms with Crippen LogP contribution in [0.1, 0.15) is 30.6 Å². The Morgan fingerprint density at radius 1 is 1.35 bits per heavy atom. The van der Waals surface area contributed by atoms with E-state index >= 15 is 0 Å². The van der Waals surface area contributed by atoms with Crippen molar-refractivity contribution in [2.24, 2.45) is 11.7 Å². The molecule has 2 N–H and O–H groups in total. The molecular weight excluding hydrogens is 228 g/mol. The maximum atomic E-state index is 6.22. The zero-order valence-electron chi connectivity index (χ0n) is 10.3. The lowest BCUT2D eigenvalue weighted by Gasteiger charge is -2.44. The summed E-state index contributed by atoms with van der Waals surface area (Å²) >= 11 is 1.89. The minimum absolute atomic E-state index is 0.398. The molecule has 1 aliphatic heterocycles. The molecule has 1 saturated heterocycles. The molecule has 3 heteroatoms. The van der Waals surface area contributed by atoms with Crippen LogP contribution in [0.4, 0.5) is 0 Å². The highest BCUT2D eigenvalue weighted by atomic mass is 32.1. The standard InChI is InChI=1S/C14H22N2S/c15-12-7-11(8-14-5-2-6-17-14)9-16(10-12)13-3-1-4-13/h2,5-6,11-13H,1,3-4,7-10,15H2. The number of likely N-dealkylation sites (tertiary alicyclic amines) is 1. The monoisotopic (exact) mass is 250 g/mol. The first kappa shape index (κ1) is 11.7. The zero-order chi connectivity index (χ0) is 11.7. The van der Waals surface area contributed by atoms with Gasteiger partial charge in [0.1, 0.15) is 0 Å². The molecule has 2 atom stereocenters. The molecule has 3 rings (SSSR count). The van der Waals surface area contributed by atoms with Crippen molar-refractivity contribution in [1.82, 2.24) is 4.90 Å². The van der Waals surface area contributed by atoms with E-state index in [9.17, 15) is 0 Å². The van der Waals surface area contributed by atoms with Crippen LogP contribution >= 0.6 is 11.3 Å². The first-order chi connectivity index (χ1) is 8.31. The second-order valence-corrected chi connectivity index (χ2v) is 6.72. The molecule has 1 aromatic heterocycles. The average Bonchev–Trinajstić information content (AvgIpc) is 2.66. The molecule has 2 unspecified atom stereocenters. The first-order valence-electron chi connectivity index (χ1n) is 6.83. The first-order valence-corrected chi connectivity index (χ1v) is 7.71. The Balaban J connectivity index is 1.60. The summed E-state index contributed by atoms with van der Waals surface area (Å²) in [6, 6.07) is 5.67. The fourth-order valence-corrected chi connectivity index (χ4v) is 4.02. The van der Waals surface area contributed by atoms with Crippen molar-refractivity contribution in [2.45, 2.75) is 44.2 Å². The molecule has 1 aromatic rings. The number of rotatable bonds is 3. The third-order valence-electron chi connectivity index (χ3n) is 4.26. The summed E-state index contributed by atoms with van der Waals surface area (Å²) in [7, 11) is 0. The van der Waals surface area contributed by atoms with E-state index < -0.39 is 0 Å². The zero-order valence-corrected chi connectivity index (χ0v) is 11.2. The summed E-state index contributed by atoms with van der Waals surface area (Å²) in [5.41, 5.74) is 6.22. The van der Waals surface area contributed by atoms with E-state index in [0.29, 0.717) is 6.04 Å². The van der Waals surface area contributed by atoms with Crippen LogP contribution in [-0.2, 0) is 6.42 Å². The minimum atomic E-state index is 0.398. The summed E-state index contributed by atoms with van der Waals surface area (Å²) in [5, 5.41) is 2.18. The van der Waals surface area contributed by atoms with E-state index in [1.807, 2.05) is 11.3 Å². The van der Waals surface area contributed by atoms with Gasteiger partial charge in [-0.15, -0.1) is 11.3 Å². The Morgan fingerprint density at radius 3 is 2.88 bits per heavy atom. The van der Waals surface area contributed by atoms with Crippen LogP contribution in [0.15, 0.2) is 17.5 Å². The van der Waals surface area contributed by atoms with Crippen molar-refractivity contribution in [2.75, 3.05) is 13.1 Å². The molecule has 1 saturated carbocycles. The van der Waals surface area contributed by atoms with E-state index in [0.717, 1.165) is 18.5 Å². The second kappa shape index (κ2) is 5.09. The topological polar surface area (TPSA) is 29.3 Å². The third kappa shape index (κ3) is 2.72. The predicted molar refractivity (Wildman–Crippen MR) is 73.3 cm³/mol. The highest BCUT2D eigenvalue weighted by Gasteiger charge is 2.32. The summed E-state index contributed by atoms with van der Waals surface area (Å²) in [6.07, 6.45) is 6.67. The summed E-state index contributed by atoms with van der Waals surface area (Å²) in [5.74, 6) is 0.776. The fraction of sp³-hybridized carbons (Fsp3) is 0.714. The van der Waals surface area contributed by atoms with Gasteiger partial charge in [0.2, 0.25) is 0 Å². The molecule has 0 bridgehead atoms. The Bertz CT molecular complexity index is 345. The lowest BCUT2D eigenvalue weighted by molar-refractivity contribution is 0.0671. The molecule has 0 radical (unpaired) electrons. The molecule has 94 valence electrons. The van der Waals surface area contributed by atoms with Gasteiger partial charge in [-0.05, 0) is 43.0 Å². The number of hydrogen-bond donors (Lipinski definition) is 1. The number of nitrogens with two attached hydrogens (primary N) is 1. The molecular formula is C14H22N2S. The van der Waals surface area contributed by atoms with Gasteiger partial charge in [0.25, 0.3) is 0 Å². The number of hydrogen-bond acceptors (Lipinski definition) is 3. The van der Waals surface area contributed by atoms with Gasteiger partial charge >= 0.3 is 0 Å². The van der Waals surface area contributed by atoms with Gasteiger partial charge in [0, 0.05) is 30.1 Å². The van der Waals surface area contributed by atoms with Crippen LogP contribution < -0.4 is 5.73 Å². The molecule has 0 spiro atoms. The highest BCUT2D eigenvalue weighted by Crippen LogP contribution is 2.30. The van der Waals surface area contributed by atoms with Crippen molar-refractivity contribution in [3.8, 4) is 0 Å². The minimum Gasteiger partial charge on any atom is -0.327 e. The molecule has 17 heavy (non-hydrogen) atoms. The van der Waals surface area contributed by atoms with E-state index in [1.165, 1.54) is 43.5 Å². The lowest BCUT2D eigenvalue weighted by Crippen LogP contribution is -2.53. The quantitative estimate of drug-likeness (QED) is 0.893. The number of piperidine rings is 1. The van der Waals surface area contributed by atoms with Crippen LogP contribution in [0.3, 0.4) is 0 Å². The van der Waals surface area contributed by atoms with Gasteiger partial charge in [0.15, 0.2) is 0 Å². The molecule has 0 aromatic carbocycles. The summed E-state index contributed by atoms with van der Waals surface area (Å²) in [4.78, 5) is 4.19. The van der Waals surface area contributed by atoms with E-state index in [-0.39, 0.29) is 0 Å². The maximum absolute atomic E-state index is 6.22. The van der Waals surface area contributed by atoms with Crippen molar-refractivity contribution in [3.05, 3.63) is 22.4 Å². The summed E-state index contributed by atoms with van der Waals surface area (Å²) < 4.78 is 0. The van der Waals surface area contributed by atoms with Crippen LogP contribution in [0.25, 0.3) is 0 Å². The molecule has 2 aliphatic rings. The Kier molecular flexibility index (Phi) is 3.50. The van der Waals surface area contributed by atoms with Crippen molar-refractivity contribution in [3.63, 3.8) is 0 Å². The second-order valence-electron chi connectivity index (χ2n) is 5.68. The van der Waals surface area contributed by atoms with Crippen molar-refractivity contribution < 1.29 is 0 Å². The van der Waals surface area contributed by atoms with Gasteiger partial charge < -0.3 is 5.73 Å². The SMILES string of the molecule is NC1CC(Cc2cccs2)CN(C2CCC2)C1. The molecule has 0 amide bonds. The van der Waals surface area contributed by atoms with Crippen LogP contribution in [0, 0.1) is 5.92 Å². The van der Waals surface area contributed by atoms with Gasteiger partial charge in [-0.2, -0.15) is 0 Å². The average molecular weight is 250 g/mol. The van der Waals surface area contributed by atoms with Crippen LogP contribution in [0.5, 0.6) is 0 Å². The molecule has 2 fully saturated rings. The largest absolute Gasteiger partial charge is 0.327 e. The van der Waals surface area contributed by atoms with E-state index in [2.05, 4.69) is 22.4 Å². The highest BCUT2D eigenvalue weighted by molar-refractivity contribution is 7.09. The summed E-state index contributed by atoms with van der Waals surface area (Å²) in [6.45, 7) is 2.40. The fourth-order valence-electron chi connectivity index (χ4n) is 3.20. The van der Waals surface area contributed by atoms with Gasteiger partial charge in [-0.3, -0.25) is 4.90 Å². The van der Waals surface area contributed by atoms with Crippen molar-refractivity contribution in [1.29, 1.82) is 0 Å². The van der Waals surface area contributed by atoms with E-state index in [4.69, 9.17) is 5.73 Å². The third-order valence-corrected chi connectivity index (χ3v) is 5.16. The lowest BCUT2D eigenvalue weighted by atomic mass is 9.85. The normalized spacial score (nSPS) is 31.4. The van der Waals surface area contributed by atoms with Crippen LogP contribution in [-0.4, -0.2) is 30.1 Å². The number of thiophene rings is 1. The maximum Gasteiger partial charge on any atom is 0.0171 e. The van der Waals surface area contributed by atoms with E-state index in [1.54, 1.807) is 0 Å². The molecule has 1 aliphatic carbocycles. The van der Waals surface area contributed by atoms with Gasteiger partial charge in [-0.1, -0.05) is 12.5 Å². The number of nitrogens with zero attached hydrogens (tertiary/aromatic N) is 1.